The van der Waals surface area contributed by atoms with Crippen molar-refractivity contribution < 1.29 is 0 Å². The summed E-state index contributed by atoms with van der Waals surface area (Å²) in [6, 6.07) is 96.0. The minimum atomic E-state index is 1.17. The van der Waals surface area contributed by atoms with Gasteiger partial charge in [0.25, 0.3) is 0 Å². The highest BCUT2D eigenvalue weighted by molar-refractivity contribution is 6.12. The molecule has 15 rings (SSSR count). The predicted octanol–water partition coefficient (Wildman–Crippen LogP) is 18.5. The van der Waals surface area contributed by atoms with Crippen LogP contribution >= 0.6 is 0 Å². The second-order valence-corrected chi connectivity index (χ2v) is 18.1. The molecule has 72 heavy (non-hydrogen) atoms. The van der Waals surface area contributed by atoms with E-state index in [9.17, 15) is 0 Å². The zero-order valence-electron chi connectivity index (χ0n) is 40.2. The molecular weight excluding hydrogens is 873 g/mol. The molecule has 0 aliphatic heterocycles. The van der Waals surface area contributed by atoms with E-state index >= 15 is 0 Å². The molecule has 11 aromatic carbocycles. The van der Waals surface area contributed by atoms with Gasteiger partial charge >= 0.3 is 0 Å². The van der Waals surface area contributed by atoms with Gasteiger partial charge in [-0.05, 0) is 102 Å². The van der Waals surface area contributed by atoms with Crippen LogP contribution in [-0.2, 0) is 0 Å². The molecule has 0 saturated carbocycles. The molecule has 0 radical (unpaired) electrons. The lowest BCUT2D eigenvalue weighted by Gasteiger charge is -2.12. The lowest BCUT2D eigenvalue weighted by molar-refractivity contribution is 1.13. The quantitative estimate of drug-likeness (QED) is 0.164. The lowest BCUT2D eigenvalue weighted by atomic mass is 10.0. The Bertz CT molecular complexity index is 3970. The van der Waals surface area contributed by atoms with Crippen molar-refractivity contribution in [3.05, 3.63) is 267 Å². The van der Waals surface area contributed by atoms with E-state index in [1.54, 1.807) is 0 Å². The van der Waals surface area contributed by atoms with Gasteiger partial charge < -0.3 is 18.3 Å². The first-order valence-electron chi connectivity index (χ1n) is 25.0. The van der Waals surface area contributed by atoms with Crippen molar-refractivity contribution in [3.8, 4) is 33.9 Å². The Morgan fingerprint density at radius 3 is 0.597 bits per heavy atom. The van der Waals surface area contributed by atoms with Gasteiger partial charge in [0.05, 0.1) is 44.1 Å². The summed E-state index contributed by atoms with van der Waals surface area (Å²) in [5.41, 5.74) is 17.0. The first-order chi connectivity index (χ1) is 35.8. The molecule has 4 heterocycles. The van der Waals surface area contributed by atoms with Crippen molar-refractivity contribution in [3.63, 3.8) is 0 Å². The maximum absolute atomic E-state index is 2.38. The summed E-state index contributed by atoms with van der Waals surface area (Å²) in [6.45, 7) is 4.00. The van der Waals surface area contributed by atoms with E-state index in [4.69, 9.17) is 0 Å². The highest BCUT2D eigenvalue weighted by Crippen LogP contribution is 2.37. The van der Waals surface area contributed by atoms with Crippen molar-refractivity contribution in [1.82, 2.24) is 18.3 Å². The molecule has 4 heteroatoms. The summed E-state index contributed by atoms with van der Waals surface area (Å²) in [7, 11) is 0. The highest BCUT2D eigenvalue weighted by Gasteiger charge is 2.17. The third-order valence-electron chi connectivity index (χ3n) is 14.3. The van der Waals surface area contributed by atoms with E-state index < -0.39 is 0 Å². The summed E-state index contributed by atoms with van der Waals surface area (Å²) in [5, 5.41) is 10.3. The fraction of sp³-hybridized carbons (Fsp3) is 0.0294. The van der Waals surface area contributed by atoms with Crippen LogP contribution in [0.3, 0.4) is 0 Å². The van der Waals surface area contributed by atoms with E-state index in [0.29, 0.717) is 0 Å². The molecular formula is C68H50N4. The molecule has 0 saturated heterocycles. The number of hydrogen-bond donors (Lipinski definition) is 0. The third kappa shape index (κ3) is 6.91. The Balaban J connectivity index is 0.000000137. The number of nitrogens with zero attached hydrogens (tertiary/aromatic N) is 4. The Kier molecular flexibility index (Phi) is 10.6. The van der Waals surface area contributed by atoms with Crippen LogP contribution in [0.2, 0.25) is 0 Å². The van der Waals surface area contributed by atoms with Gasteiger partial charge in [0.1, 0.15) is 0 Å². The summed E-state index contributed by atoms with van der Waals surface area (Å²) < 4.78 is 9.48. The van der Waals surface area contributed by atoms with Gasteiger partial charge in [-0.15, -0.1) is 0 Å². The van der Waals surface area contributed by atoms with Gasteiger partial charge in [-0.2, -0.15) is 0 Å². The number of fused-ring (bicyclic) bond motifs is 12. The number of aromatic nitrogens is 4. The number of rotatable bonds is 5. The van der Waals surface area contributed by atoms with Gasteiger partial charge in [-0.1, -0.05) is 190 Å². The molecule has 0 spiro atoms. The average Bonchev–Trinajstić information content (AvgIpc) is 4.19. The molecule has 4 nitrogen and oxygen atoms in total. The van der Waals surface area contributed by atoms with Crippen LogP contribution in [-0.4, -0.2) is 18.3 Å². The molecule has 4 aromatic heterocycles. The largest absolute Gasteiger partial charge is 0.309 e. The number of para-hydroxylation sites is 8. The zero-order valence-corrected chi connectivity index (χ0v) is 40.2. The zero-order chi connectivity index (χ0) is 48.1. The fourth-order valence-corrected chi connectivity index (χ4v) is 11.2. The fourth-order valence-electron chi connectivity index (χ4n) is 11.2. The van der Waals surface area contributed by atoms with Crippen LogP contribution in [0.1, 0.15) is 13.8 Å². The molecule has 0 unspecified atom stereocenters. The number of hydrogen-bond acceptors (Lipinski definition) is 0. The van der Waals surface area contributed by atoms with Gasteiger partial charge in [0.15, 0.2) is 0 Å². The van der Waals surface area contributed by atoms with Gasteiger partial charge in [0.2, 0.25) is 0 Å². The summed E-state index contributed by atoms with van der Waals surface area (Å²) in [6.07, 6.45) is 0. The molecule has 0 aliphatic rings. The summed E-state index contributed by atoms with van der Waals surface area (Å²) in [5.74, 6) is 0. The highest BCUT2D eigenvalue weighted by atomic mass is 15.0. The molecule has 0 bridgehead atoms. The third-order valence-corrected chi connectivity index (χ3v) is 14.3. The van der Waals surface area contributed by atoms with Gasteiger partial charge in [-0.3, -0.25) is 0 Å². The van der Waals surface area contributed by atoms with Gasteiger partial charge in [0, 0.05) is 65.8 Å². The maximum Gasteiger partial charge on any atom is 0.0541 e. The average molecular weight is 923 g/mol. The van der Waals surface area contributed by atoms with E-state index in [-0.39, 0.29) is 0 Å². The molecule has 0 aliphatic carbocycles. The van der Waals surface area contributed by atoms with Crippen LogP contribution in [0.15, 0.2) is 267 Å². The van der Waals surface area contributed by atoms with E-state index in [2.05, 4.69) is 285 Å². The molecule has 0 amide bonds. The van der Waals surface area contributed by atoms with Crippen LogP contribution in [0.5, 0.6) is 0 Å². The lowest BCUT2D eigenvalue weighted by Crippen LogP contribution is -1.98. The SMILES string of the molecule is CC.c1cc(-n2c3ccccc3c3ccccc32)cc(-n2c3ccccc3c3ccccc32)c1.c1ccc2c(c1)c1ccccc1n2-c1ccc(-c2ccc(-n3c4ccccc4c4ccccc43)cc2)cc1. The van der Waals surface area contributed by atoms with Crippen molar-refractivity contribution >= 4 is 87.2 Å². The van der Waals surface area contributed by atoms with Crippen molar-refractivity contribution in [1.29, 1.82) is 0 Å². The smallest absolute Gasteiger partial charge is 0.0541 e. The Hall–Kier alpha value is -9.38. The van der Waals surface area contributed by atoms with Gasteiger partial charge in [-0.25, -0.2) is 0 Å². The first kappa shape index (κ1) is 42.7. The second kappa shape index (κ2) is 17.9. The molecule has 15 aromatic rings. The number of benzene rings is 11. The van der Waals surface area contributed by atoms with Crippen LogP contribution < -0.4 is 0 Å². The first-order valence-corrected chi connectivity index (χ1v) is 25.0. The normalized spacial score (nSPS) is 11.5. The van der Waals surface area contributed by atoms with Crippen molar-refractivity contribution in [2.45, 2.75) is 13.8 Å². The standard InChI is InChI=1S/C36H24N2.C30H20N2.C2H6/c1-5-13-33-29(9-1)30-10-2-6-14-34(30)37(33)27-21-17-25(18-22-27)26-19-23-28(24-20-26)38-35-15-7-3-11-31(35)32-12-4-8-16-36(32)38;1-5-16-27-23(12-1)24-13-2-6-17-28(24)31(27)21-10-9-11-22(20-21)32-29-18-7-3-14-25(29)26-15-4-8-19-30(26)32;1-2/h1-24H;1-20H;1-2H3. The van der Waals surface area contributed by atoms with Crippen molar-refractivity contribution in [2.75, 3.05) is 0 Å². The molecule has 0 atom stereocenters. The summed E-state index contributed by atoms with van der Waals surface area (Å²) in [4.78, 5) is 0. The van der Waals surface area contributed by atoms with E-state index in [1.807, 2.05) is 13.8 Å². The van der Waals surface area contributed by atoms with Crippen LogP contribution in [0.25, 0.3) is 121 Å². The molecule has 0 N–H and O–H groups in total. The molecule has 342 valence electrons. The Morgan fingerprint density at radius 2 is 0.375 bits per heavy atom. The van der Waals surface area contributed by atoms with Crippen molar-refractivity contribution in [2.24, 2.45) is 0 Å². The van der Waals surface area contributed by atoms with Crippen LogP contribution in [0.4, 0.5) is 0 Å². The maximum atomic E-state index is 2.38. The minimum absolute atomic E-state index is 1.17. The topological polar surface area (TPSA) is 19.7 Å². The minimum Gasteiger partial charge on any atom is -0.309 e. The van der Waals surface area contributed by atoms with E-state index in [0.717, 1.165) is 0 Å². The Morgan fingerprint density at radius 1 is 0.181 bits per heavy atom. The predicted molar refractivity (Wildman–Crippen MR) is 307 cm³/mol. The Labute approximate surface area is 418 Å². The summed E-state index contributed by atoms with van der Waals surface area (Å²) >= 11 is 0. The van der Waals surface area contributed by atoms with Crippen LogP contribution in [0, 0.1) is 0 Å². The molecule has 0 fully saturated rings. The second-order valence-electron chi connectivity index (χ2n) is 18.1. The monoisotopic (exact) mass is 922 g/mol. The van der Waals surface area contributed by atoms with E-state index in [1.165, 1.54) is 121 Å².